The van der Waals surface area contributed by atoms with Crippen LogP contribution in [-0.4, -0.2) is 16.9 Å². The van der Waals surface area contributed by atoms with E-state index in [1.165, 1.54) is 12.1 Å². The third kappa shape index (κ3) is 3.28. The number of benzene rings is 1. The number of nitrogens with zero attached hydrogens (tertiary/aromatic N) is 1. The largest absolute Gasteiger partial charge is 0.349 e. The first-order chi connectivity index (χ1) is 10.7. The van der Waals surface area contributed by atoms with Crippen LogP contribution >= 0.6 is 0 Å². The van der Waals surface area contributed by atoms with E-state index in [1.54, 1.807) is 18.3 Å². The van der Waals surface area contributed by atoms with Gasteiger partial charge in [0.15, 0.2) is 0 Å². The number of halogens is 1. The van der Waals surface area contributed by atoms with Crippen molar-refractivity contribution < 1.29 is 9.18 Å². The highest BCUT2D eigenvalue weighted by atomic mass is 19.1. The van der Waals surface area contributed by atoms with Crippen molar-refractivity contribution in [2.75, 3.05) is 0 Å². The molecule has 22 heavy (non-hydrogen) atoms. The average Bonchev–Trinajstić information content (AvgIpc) is 3.04. The third-order valence-corrected chi connectivity index (χ3v) is 3.47. The second-order valence-corrected chi connectivity index (χ2v) is 4.96. The number of carbonyl (C=O) groups is 1. The molecule has 1 aromatic carbocycles. The Morgan fingerprint density at radius 3 is 2.73 bits per heavy atom. The van der Waals surface area contributed by atoms with Gasteiger partial charge in [0.2, 0.25) is 5.91 Å². The van der Waals surface area contributed by atoms with E-state index < -0.39 is 6.04 Å². The van der Waals surface area contributed by atoms with Crippen molar-refractivity contribution in [2.45, 2.75) is 18.6 Å². The van der Waals surface area contributed by atoms with Crippen LogP contribution in [0.25, 0.3) is 0 Å². The van der Waals surface area contributed by atoms with Gasteiger partial charge in [-0.05, 0) is 29.8 Å². The molecule has 114 valence electrons. The van der Waals surface area contributed by atoms with Gasteiger partial charge in [0.05, 0.1) is 18.3 Å². The lowest BCUT2D eigenvalue weighted by molar-refractivity contribution is -0.123. The summed E-state index contributed by atoms with van der Waals surface area (Å²) in [5.74, 6) is -0.476. The van der Waals surface area contributed by atoms with Crippen LogP contribution in [-0.2, 0) is 11.3 Å². The van der Waals surface area contributed by atoms with E-state index in [-0.39, 0.29) is 17.8 Å². The van der Waals surface area contributed by atoms with Gasteiger partial charge in [0, 0.05) is 6.20 Å². The summed E-state index contributed by atoms with van der Waals surface area (Å²) < 4.78 is 13.0. The Labute approximate surface area is 127 Å². The monoisotopic (exact) mass is 301 g/mol. The van der Waals surface area contributed by atoms with Gasteiger partial charge in [-0.15, -0.1) is 0 Å². The second-order valence-electron chi connectivity index (χ2n) is 4.96. The van der Waals surface area contributed by atoms with Crippen LogP contribution in [0.1, 0.15) is 17.3 Å². The topological polar surface area (TPSA) is 78.1 Å². The SMILES string of the molecule is O=C(NCc1ccccn1)C1NNNC1c1ccc(F)cc1. The van der Waals surface area contributed by atoms with Crippen LogP contribution in [0.4, 0.5) is 4.39 Å². The fraction of sp³-hybridized carbons (Fsp3) is 0.200. The molecule has 3 rings (SSSR count). The maximum Gasteiger partial charge on any atom is 0.240 e. The summed E-state index contributed by atoms with van der Waals surface area (Å²) in [5, 5.41) is 2.83. The van der Waals surface area contributed by atoms with Crippen LogP contribution in [0.3, 0.4) is 0 Å². The fourth-order valence-electron chi connectivity index (χ4n) is 2.32. The van der Waals surface area contributed by atoms with Crippen LogP contribution in [0.15, 0.2) is 48.7 Å². The standard InChI is InChI=1S/C15H16FN5O/c16-11-6-4-10(5-7-11)13-14(20-21-19-13)15(22)18-9-12-3-1-2-8-17-12/h1-8,13-14,19-21H,9H2,(H,18,22). The third-order valence-electron chi connectivity index (χ3n) is 3.47. The fourth-order valence-corrected chi connectivity index (χ4v) is 2.32. The van der Waals surface area contributed by atoms with E-state index in [2.05, 4.69) is 26.7 Å². The van der Waals surface area contributed by atoms with Crippen molar-refractivity contribution in [3.8, 4) is 0 Å². The quantitative estimate of drug-likeness (QED) is 0.664. The zero-order valence-electron chi connectivity index (χ0n) is 11.7. The van der Waals surface area contributed by atoms with Gasteiger partial charge in [-0.2, -0.15) is 5.53 Å². The molecule has 0 bridgehead atoms. The molecule has 0 spiro atoms. The molecule has 1 aromatic heterocycles. The minimum atomic E-state index is -0.505. The predicted octanol–water partition coefficient (Wildman–Crippen LogP) is 0.559. The van der Waals surface area contributed by atoms with Crippen molar-refractivity contribution in [1.82, 2.24) is 26.7 Å². The number of pyridine rings is 1. The molecule has 0 radical (unpaired) electrons. The number of rotatable bonds is 4. The first kappa shape index (κ1) is 14.6. The number of hydrogen-bond donors (Lipinski definition) is 4. The summed E-state index contributed by atoms with van der Waals surface area (Å²) >= 11 is 0. The molecule has 2 atom stereocenters. The summed E-state index contributed by atoms with van der Waals surface area (Å²) in [6.07, 6.45) is 1.68. The molecule has 1 aliphatic rings. The van der Waals surface area contributed by atoms with E-state index in [1.807, 2.05) is 18.2 Å². The Kier molecular flexibility index (Phi) is 4.38. The molecule has 1 aliphatic heterocycles. The molecular formula is C15H16FN5O. The maximum atomic E-state index is 13.0. The summed E-state index contributed by atoms with van der Waals surface area (Å²) in [7, 11) is 0. The van der Waals surface area contributed by atoms with E-state index in [4.69, 9.17) is 0 Å². The first-order valence-corrected chi connectivity index (χ1v) is 6.93. The minimum Gasteiger partial charge on any atom is -0.349 e. The number of carbonyl (C=O) groups excluding carboxylic acids is 1. The van der Waals surface area contributed by atoms with Crippen molar-refractivity contribution in [2.24, 2.45) is 0 Å². The molecule has 1 amide bonds. The van der Waals surface area contributed by atoms with Crippen molar-refractivity contribution >= 4 is 5.91 Å². The molecule has 0 saturated carbocycles. The Hall–Kier alpha value is -2.35. The van der Waals surface area contributed by atoms with Gasteiger partial charge >= 0.3 is 0 Å². The highest BCUT2D eigenvalue weighted by Gasteiger charge is 2.33. The zero-order chi connectivity index (χ0) is 15.4. The molecule has 2 aromatic rings. The first-order valence-electron chi connectivity index (χ1n) is 6.93. The summed E-state index contributed by atoms with van der Waals surface area (Å²) in [6.45, 7) is 0.355. The molecule has 2 unspecified atom stereocenters. The molecule has 4 N–H and O–H groups in total. The van der Waals surface area contributed by atoms with Crippen molar-refractivity contribution in [3.63, 3.8) is 0 Å². The molecule has 7 heteroatoms. The van der Waals surface area contributed by atoms with Crippen molar-refractivity contribution in [3.05, 3.63) is 65.7 Å². The lowest BCUT2D eigenvalue weighted by Gasteiger charge is -2.17. The summed E-state index contributed by atoms with van der Waals surface area (Å²) in [4.78, 5) is 16.5. The highest BCUT2D eigenvalue weighted by molar-refractivity contribution is 5.83. The van der Waals surface area contributed by atoms with E-state index >= 15 is 0 Å². The van der Waals surface area contributed by atoms with Gasteiger partial charge in [-0.3, -0.25) is 9.78 Å². The maximum absolute atomic E-state index is 13.0. The summed E-state index contributed by atoms with van der Waals surface area (Å²) in [5.41, 5.74) is 10.2. The van der Waals surface area contributed by atoms with E-state index in [0.717, 1.165) is 11.3 Å². The molecular weight excluding hydrogens is 285 g/mol. The average molecular weight is 301 g/mol. The van der Waals surface area contributed by atoms with Crippen LogP contribution in [0.5, 0.6) is 0 Å². The molecule has 0 aliphatic carbocycles. The number of amides is 1. The van der Waals surface area contributed by atoms with E-state index in [0.29, 0.717) is 6.54 Å². The van der Waals surface area contributed by atoms with Gasteiger partial charge in [-0.1, -0.05) is 18.2 Å². The number of aromatic nitrogens is 1. The van der Waals surface area contributed by atoms with E-state index in [9.17, 15) is 9.18 Å². The van der Waals surface area contributed by atoms with Crippen LogP contribution < -0.4 is 21.7 Å². The van der Waals surface area contributed by atoms with Gasteiger partial charge in [0.1, 0.15) is 11.9 Å². The lowest BCUT2D eigenvalue weighted by atomic mass is 10.0. The Balaban J connectivity index is 1.65. The van der Waals surface area contributed by atoms with Gasteiger partial charge < -0.3 is 5.32 Å². The Morgan fingerprint density at radius 2 is 2.00 bits per heavy atom. The van der Waals surface area contributed by atoms with Gasteiger partial charge in [-0.25, -0.2) is 15.2 Å². The normalized spacial score (nSPS) is 20.8. The number of hydrazine groups is 2. The molecule has 6 nitrogen and oxygen atoms in total. The Bertz CT molecular complexity index is 634. The number of hydrogen-bond acceptors (Lipinski definition) is 5. The molecule has 1 fully saturated rings. The minimum absolute atomic E-state index is 0.169. The Morgan fingerprint density at radius 1 is 1.18 bits per heavy atom. The highest BCUT2D eigenvalue weighted by Crippen LogP contribution is 2.19. The van der Waals surface area contributed by atoms with Gasteiger partial charge in [0.25, 0.3) is 0 Å². The zero-order valence-corrected chi connectivity index (χ0v) is 11.7. The molecule has 1 saturated heterocycles. The smallest absolute Gasteiger partial charge is 0.240 e. The number of nitrogens with one attached hydrogen (secondary N) is 4. The molecule has 2 heterocycles. The summed E-state index contributed by atoms with van der Waals surface area (Å²) in [6, 6.07) is 10.8. The predicted molar refractivity (Wildman–Crippen MR) is 78.4 cm³/mol. The lowest BCUT2D eigenvalue weighted by Crippen LogP contribution is -2.44. The van der Waals surface area contributed by atoms with Crippen molar-refractivity contribution in [1.29, 1.82) is 0 Å². The van der Waals surface area contributed by atoms with Crippen LogP contribution in [0, 0.1) is 5.82 Å². The van der Waals surface area contributed by atoms with Crippen LogP contribution in [0.2, 0.25) is 0 Å². The second kappa shape index (κ2) is 6.61.